The predicted molar refractivity (Wildman–Crippen MR) is 83.9 cm³/mol. The summed E-state index contributed by atoms with van der Waals surface area (Å²) < 4.78 is 0. The fraction of sp³-hybridized carbons (Fsp3) is 1.00. The van der Waals surface area contributed by atoms with Crippen LogP contribution in [0.25, 0.3) is 0 Å². The first kappa shape index (κ1) is 13.6. The number of likely N-dealkylation sites (tertiary alicyclic amines) is 2. The van der Waals surface area contributed by atoms with E-state index in [4.69, 9.17) is 0 Å². The largest absolute Gasteiger partial charge is 0.300 e. The number of fused-ring (bicyclic) bond motifs is 1. The zero-order chi connectivity index (χ0) is 13.4. The zero-order valence-electron chi connectivity index (χ0n) is 13.1. The summed E-state index contributed by atoms with van der Waals surface area (Å²) in [4.78, 5) is 5.69. The average Bonchev–Trinajstić information content (AvgIpc) is 3.08. The fourth-order valence-electron chi connectivity index (χ4n) is 5.72. The van der Waals surface area contributed by atoms with Gasteiger partial charge in [0.05, 0.1) is 0 Å². The highest BCUT2D eigenvalue weighted by Crippen LogP contribution is 2.47. The molecule has 0 N–H and O–H groups in total. The van der Waals surface area contributed by atoms with Gasteiger partial charge in [0.2, 0.25) is 0 Å². The van der Waals surface area contributed by atoms with Gasteiger partial charge in [0.15, 0.2) is 0 Å². The summed E-state index contributed by atoms with van der Waals surface area (Å²) in [7, 11) is 0. The number of hydrogen-bond acceptors (Lipinski definition) is 2. The number of rotatable bonds is 2. The topological polar surface area (TPSA) is 6.48 Å². The lowest BCUT2D eigenvalue weighted by Crippen LogP contribution is -2.40. The van der Waals surface area contributed by atoms with Gasteiger partial charge in [-0.3, -0.25) is 0 Å². The van der Waals surface area contributed by atoms with Crippen LogP contribution >= 0.6 is 0 Å². The Balaban J connectivity index is 1.31. The van der Waals surface area contributed by atoms with Gasteiger partial charge in [-0.25, -0.2) is 0 Å². The van der Waals surface area contributed by atoms with Gasteiger partial charge in [-0.1, -0.05) is 12.8 Å². The van der Waals surface area contributed by atoms with Gasteiger partial charge in [0.25, 0.3) is 0 Å². The van der Waals surface area contributed by atoms with Crippen molar-refractivity contribution >= 4 is 0 Å². The van der Waals surface area contributed by atoms with E-state index in [0.29, 0.717) is 0 Å². The average molecular weight is 276 g/mol. The summed E-state index contributed by atoms with van der Waals surface area (Å²) in [6, 6.07) is 1.93. The molecule has 2 saturated carbocycles. The molecule has 0 spiro atoms. The molecule has 0 unspecified atom stereocenters. The molecule has 0 radical (unpaired) electrons. The molecule has 2 heterocycles. The summed E-state index contributed by atoms with van der Waals surface area (Å²) in [6.07, 6.45) is 14.9. The maximum absolute atomic E-state index is 2.84. The molecule has 0 aromatic heterocycles. The second-order valence-electron chi connectivity index (χ2n) is 7.96. The van der Waals surface area contributed by atoms with E-state index in [2.05, 4.69) is 9.80 Å². The molecular formula is C18H32N2. The minimum absolute atomic E-state index is 0.965. The molecule has 0 bridgehead atoms. The molecule has 0 aromatic carbocycles. The van der Waals surface area contributed by atoms with Gasteiger partial charge in [0, 0.05) is 12.1 Å². The minimum atomic E-state index is 0.965. The van der Waals surface area contributed by atoms with E-state index < -0.39 is 0 Å². The van der Waals surface area contributed by atoms with Crippen LogP contribution in [0.1, 0.15) is 64.2 Å². The van der Waals surface area contributed by atoms with Crippen molar-refractivity contribution in [2.45, 2.75) is 76.3 Å². The van der Waals surface area contributed by atoms with Gasteiger partial charge in [-0.2, -0.15) is 0 Å². The SMILES string of the molecule is C1CCN(C2CC3CC(N4CCCCC4)CC3C2)CC1. The molecule has 2 heteroatoms. The van der Waals surface area contributed by atoms with Crippen molar-refractivity contribution in [2.24, 2.45) is 11.8 Å². The first-order chi connectivity index (χ1) is 9.90. The molecule has 114 valence electrons. The number of hydrogen-bond donors (Lipinski definition) is 0. The molecule has 4 rings (SSSR count). The third-order valence-corrected chi connectivity index (χ3v) is 6.78. The Morgan fingerprint density at radius 1 is 0.450 bits per heavy atom. The van der Waals surface area contributed by atoms with Gasteiger partial charge in [-0.15, -0.1) is 0 Å². The molecule has 0 aromatic rings. The summed E-state index contributed by atoms with van der Waals surface area (Å²) in [5, 5.41) is 0. The lowest BCUT2D eigenvalue weighted by molar-refractivity contribution is 0.136. The lowest BCUT2D eigenvalue weighted by Gasteiger charge is -2.35. The molecule has 2 aliphatic heterocycles. The van der Waals surface area contributed by atoms with Crippen molar-refractivity contribution in [3.05, 3.63) is 0 Å². The van der Waals surface area contributed by atoms with Crippen molar-refractivity contribution < 1.29 is 0 Å². The van der Waals surface area contributed by atoms with E-state index in [-0.39, 0.29) is 0 Å². The third-order valence-electron chi connectivity index (χ3n) is 6.78. The highest BCUT2D eigenvalue weighted by Gasteiger charge is 2.44. The first-order valence-corrected chi connectivity index (χ1v) is 9.38. The van der Waals surface area contributed by atoms with E-state index in [1.165, 1.54) is 90.4 Å². The van der Waals surface area contributed by atoms with Gasteiger partial charge in [-0.05, 0) is 89.4 Å². The second kappa shape index (κ2) is 5.96. The molecule has 0 atom stereocenters. The van der Waals surface area contributed by atoms with Crippen molar-refractivity contribution in [1.29, 1.82) is 0 Å². The molecule has 2 saturated heterocycles. The normalized spacial score (nSPS) is 43.8. The Hall–Kier alpha value is -0.0800. The van der Waals surface area contributed by atoms with Crippen LogP contribution in [-0.4, -0.2) is 48.1 Å². The number of piperidine rings is 2. The maximum Gasteiger partial charge on any atom is 0.0101 e. The zero-order valence-corrected chi connectivity index (χ0v) is 13.1. The Labute approximate surface area is 124 Å². The van der Waals surface area contributed by atoms with Crippen molar-refractivity contribution in [2.75, 3.05) is 26.2 Å². The van der Waals surface area contributed by atoms with Gasteiger partial charge < -0.3 is 9.80 Å². The van der Waals surface area contributed by atoms with Crippen LogP contribution in [0, 0.1) is 11.8 Å². The molecule has 4 aliphatic rings. The molecule has 2 nitrogen and oxygen atoms in total. The summed E-state index contributed by atoms with van der Waals surface area (Å²) in [5.74, 6) is 2.16. The van der Waals surface area contributed by atoms with Crippen LogP contribution in [0.4, 0.5) is 0 Å². The Morgan fingerprint density at radius 3 is 1.15 bits per heavy atom. The predicted octanol–water partition coefficient (Wildman–Crippen LogP) is 3.52. The highest BCUT2D eigenvalue weighted by atomic mass is 15.2. The Kier molecular flexibility index (Phi) is 4.05. The number of nitrogens with zero attached hydrogens (tertiary/aromatic N) is 2. The van der Waals surface area contributed by atoms with Crippen LogP contribution in [0.3, 0.4) is 0 Å². The first-order valence-electron chi connectivity index (χ1n) is 9.38. The second-order valence-corrected chi connectivity index (χ2v) is 7.96. The van der Waals surface area contributed by atoms with Crippen LogP contribution < -0.4 is 0 Å². The molecule has 20 heavy (non-hydrogen) atoms. The molecular weight excluding hydrogens is 244 g/mol. The minimum Gasteiger partial charge on any atom is -0.300 e. The lowest BCUT2D eigenvalue weighted by atomic mass is 10.0. The standard InChI is InChI=1S/C18H32N2/c1-3-7-19(8-4-1)17-11-15-13-18(14-16(15)12-17)20-9-5-2-6-10-20/h15-18H,1-14H2. The van der Waals surface area contributed by atoms with E-state index in [1.807, 2.05) is 0 Å². The summed E-state index contributed by atoms with van der Waals surface area (Å²) in [5.41, 5.74) is 0. The smallest absolute Gasteiger partial charge is 0.0101 e. The quantitative estimate of drug-likeness (QED) is 0.761. The van der Waals surface area contributed by atoms with Crippen molar-refractivity contribution in [3.63, 3.8) is 0 Å². The molecule has 4 fully saturated rings. The van der Waals surface area contributed by atoms with Crippen LogP contribution in [-0.2, 0) is 0 Å². The summed E-state index contributed by atoms with van der Waals surface area (Å²) >= 11 is 0. The molecule has 2 aliphatic carbocycles. The van der Waals surface area contributed by atoms with Crippen molar-refractivity contribution in [3.8, 4) is 0 Å². The van der Waals surface area contributed by atoms with E-state index in [0.717, 1.165) is 23.9 Å². The monoisotopic (exact) mass is 276 g/mol. The highest BCUT2D eigenvalue weighted by molar-refractivity contribution is 4.98. The van der Waals surface area contributed by atoms with E-state index in [1.54, 1.807) is 0 Å². The van der Waals surface area contributed by atoms with Crippen molar-refractivity contribution in [1.82, 2.24) is 9.80 Å². The van der Waals surface area contributed by atoms with Crippen LogP contribution in [0.15, 0.2) is 0 Å². The fourth-order valence-corrected chi connectivity index (χ4v) is 5.72. The maximum atomic E-state index is 2.84. The van der Waals surface area contributed by atoms with Gasteiger partial charge >= 0.3 is 0 Å². The van der Waals surface area contributed by atoms with Gasteiger partial charge in [0.1, 0.15) is 0 Å². The molecule has 0 amide bonds. The van der Waals surface area contributed by atoms with E-state index in [9.17, 15) is 0 Å². The summed E-state index contributed by atoms with van der Waals surface area (Å²) in [6.45, 7) is 5.61. The van der Waals surface area contributed by atoms with Crippen LogP contribution in [0.5, 0.6) is 0 Å². The van der Waals surface area contributed by atoms with Crippen LogP contribution in [0.2, 0.25) is 0 Å². The Morgan fingerprint density at radius 2 is 0.800 bits per heavy atom. The third kappa shape index (κ3) is 2.66. The Bertz CT molecular complexity index is 273. The van der Waals surface area contributed by atoms with E-state index >= 15 is 0 Å².